The first kappa shape index (κ1) is 12.9. The minimum Gasteiger partial charge on any atom is -0.361 e. The summed E-state index contributed by atoms with van der Waals surface area (Å²) >= 11 is 0. The lowest BCUT2D eigenvalue weighted by Gasteiger charge is -2.11. The van der Waals surface area contributed by atoms with Crippen molar-refractivity contribution < 1.29 is 13.2 Å². The van der Waals surface area contributed by atoms with Crippen LogP contribution in [0.15, 0.2) is 48.8 Å². The van der Waals surface area contributed by atoms with Gasteiger partial charge in [-0.2, -0.15) is 18.3 Å². The highest BCUT2D eigenvalue weighted by atomic mass is 19.4. The van der Waals surface area contributed by atoms with Crippen LogP contribution in [0.4, 0.5) is 13.2 Å². The second-order valence-corrected chi connectivity index (χ2v) is 5.10. The van der Waals surface area contributed by atoms with Crippen LogP contribution in [0.1, 0.15) is 5.56 Å². The van der Waals surface area contributed by atoms with Crippen molar-refractivity contribution in [1.82, 2.24) is 15.2 Å². The number of rotatable bonds is 1. The average molecular weight is 301 g/mol. The molecule has 0 spiro atoms. The third-order valence-corrected chi connectivity index (χ3v) is 3.76. The lowest BCUT2D eigenvalue weighted by atomic mass is 9.97. The molecule has 0 amide bonds. The molecule has 0 atom stereocenters. The SMILES string of the molecule is FC(F)(F)c1cc(-c2cccc3cc[nH]c23)c2cn[nH]c2c1. The van der Waals surface area contributed by atoms with Crippen molar-refractivity contribution >= 4 is 21.8 Å². The van der Waals surface area contributed by atoms with E-state index in [9.17, 15) is 13.2 Å². The van der Waals surface area contributed by atoms with E-state index in [0.717, 1.165) is 22.5 Å². The molecule has 0 aliphatic heterocycles. The Labute approximate surface area is 122 Å². The van der Waals surface area contributed by atoms with Crippen molar-refractivity contribution in [2.45, 2.75) is 6.18 Å². The maximum atomic E-state index is 13.1. The summed E-state index contributed by atoms with van der Waals surface area (Å²) in [6.07, 6.45) is -1.08. The molecule has 3 nitrogen and oxygen atoms in total. The lowest BCUT2D eigenvalue weighted by Crippen LogP contribution is -2.05. The minimum atomic E-state index is -4.41. The number of para-hydroxylation sites is 1. The number of hydrogen-bond donors (Lipinski definition) is 2. The Bertz CT molecular complexity index is 979. The van der Waals surface area contributed by atoms with Gasteiger partial charge in [0, 0.05) is 17.1 Å². The molecular formula is C16H10F3N3. The molecule has 4 rings (SSSR count). The molecule has 0 fully saturated rings. The number of halogens is 3. The number of nitrogens with zero attached hydrogens (tertiary/aromatic N) is 1. The highest BCUT2D eigenvalue weighted by molar-refractivity contribution is 6.03. The summed E-state index contributed by atoms with van der Waals surface area (Å²) in [4.78, 5) is 3.09. The van der Waals surface area contributed by atoms with Crippen molar-refractivity contribution in [1.29, 1.82) is 0 Å². The Morgan fingerprint density at radius 2 is 1.86 bits per heavy atom. The number of aromatic nitrogens is 3. The summed E-state index contributed by atoms with van der Waals surface area (Å²) in [7, 11) is 0. The second kappa shape index (κ2) is 4.37. The standard InChI is InChI=1S/C16H10F3N3/c17-16(18,19)10-6-12(13-8-21-22-14(13)7-10)11-3-1-2-9-4-5-20-15(9)11/h1-8,20H,(H,21,22). The largest absolute Gasteiger partial charge is 0.416 e. The van der Waals surface area contributed by atoms with Gasteiger partial charge in [0.15, 0.2) is 0 Å². The van der Waals surface area contributed by atoms with Crippen molar-refractivity contribution in [2.75, 3.05) is 0 Å². The van der Waals surface area contributed by atoms with Crippen LogP contribution in [0, 0.1) is 0 Å². The highest BCUT2D eigenvalue weighted by Crippen LogP contribution is 2.38. The first-order valence-electron chi connectivity index (χ1n) is 6.65. The van der Waals surface area contributed by atoms with E-state index < -0.39 is 11.7 Å². The average Bonchev–Trinajstić information content (AvgIpc) is 3.13. The van der Waals surface area contributed by atoms with Crippen molar-refractivity contribution in [3.8, 4) is 11.1 Å². The number of aromatic amines is 2. The molecule has 0 aliphatic rings. The number of alkyl halides is 3. The van der Waals surface area contributed by atoms with Crippen molar-refractivity contribution in [2.24, 2.45) is 0 Å². The molecule has 0 unspecified atom stereocenters. The van der Waals surface area contributed by atoms with Crippen LogP contribution in [-0.2, 0) is 6.18 Å². The van der Waals surface area contributed by atoms with Crippen LogP contribution in [-0.4, -0.2) is 15.2 Å². The maximum Gasteiger partial charge on any atom is 0.416 e. The number of hydrogen-bond acceptors (Lipinski definition) is 1. The molecule has 0 saturated carbocycles. The first-order valence-corrected chi connectivity index (χ1v) is 6.65. The van der Waals surface area contributed by atoms with E-state index in [1.54, 1.807) is 18.5 Å². The molecule has 4 aromatic rings. The van der Waals surface area contributed by atoms with Crippen LogP contribution < -0.4 is 0 Å². The summed E-state index contributed by atoms with van der Waals surface area (Å²) < 4.78 is 39.4. The molecule has 22 heavy (non-hydrogen) atoms. The lowest BCUT2D eigenvalue weighted by molar-refractivity contribution is -0.137. The van der Waals surface area contributed by atoms with Crippen molar-refractivity contribution in [3.63, 3.8) is 0 Å². The van der Waals surface area contributed by atoms with Gasteiger partial charge in [-0.1, -0.05) is 18.2 Å². The maximum absolute atomic E-state index is 13.1. The van der Waals surface area contributed by atoms with E-state index in [-0.39, 0.29) is 0 Å². The van der Waals surface area contributed by atoms with E-state index >= 15 is 0 Å². The van der Waals surface area contributed by atoms with Gasteiger partial charge in [0.1, 0.15) is 0 Å². The van der Waals surface area contributed by atoms with Gasteiger partial charge >= 0.3 is 6.18 Å². The minimum absolute atomic E-state index is 0.369. The predicted octanol–water partition coefficient (Wildman–Crippen LogP) is 4.73. The fourth-order valence-corrected chi connectivity index (χ4v) is 2.75. The Hall–Kier alpha value is -2.76. The molecule has 2 aromatic heterocycles. The molecular weight excluding hydrogens is 291 g/mol. The summed E-state index contributed by atoms with van der Waals surface area (Å²) in [6.45, 7) is 0. The van der Waals surface area contributed by atoms with Gasteiger partial charge in [-0.15, -0.1) is 0 Å². The number of nitrogens with one attached hydrogen (secondary N) is 2. The number of fused-ring (bicyclic) bond motifs is 2. The van der Waals surface area contributed by atoms with Gasteiger partial charge in [0.05, 0.1) is 22.8 Å². The van der Waals surface area contributed by atoms with Crippen molar-refractivity contribution in [3.05, 3.63) is 54.4 Å². The van der Waals surface area contributed by atoms with Crippen LogP contribution in [0.5, 0.6) is 0 Å². The normalized spacial score (nSPS) is 12.3. The molecule has 2 heterocycles. The van der Waals surface area contributed by atoms with E-state index in [0.29, 0.717) is 16.5 Å². The smallest absolute Gasteiger partial charge is 0.361 e. The zero-order chi connectivity index (χ0) is 15.3. The molecule has 0 aliphatic carbocycles. The fourth-order valence-electron chi connectivity index (χ4n) is 2.75. The quantitative estimate of drug-likeness (QED) is 0.524. The molecule has 0 saturated heterocycles. The summed E-state index contributed by atoms with van der Waals surface area (Å²) in [5.41, 5.74) is 1.71. The first-order chi connectivity index (χ1) is 10.5. The fraction of sp³-hybridized carbons (Fsp3) is 0.0625. The van der Waals surface area contributed by atoms with E-state index in [2.05, 4.69) is 15.2 Å². The Morgan fingerprint density at radius 3 is 2.68 bits per heavy atom. The highest BCUT2D eigenvalue weighted by Gasteiger charge is 2.32. The van der Waals surface area contributed by atoms with Crippen LogP contribution >= 0.6 is 0 Å². The molecule has 6 heteroatoms. The molecule has 0 radical (unpaired) electrons. The third-order valence-electron chi connectivity index (χ3n) is 3.76. The van der Waals surface area contributed by atoms with Gasteiger partial charge in [0.25, 0.3) is 0 Å². The molecule has 2 N–H and O–H groups in total. The number of benzene rings is 2. The zero-order valence-corrected chi connectivity index (χ0v) is 11.2. The summed E-state index contributed by atoms with van der Waals surface area (Å²) in [6, 6.07) is 9.70. The summed E-state index contributed by atoms with van der Waals surface area (Å²) in [5.74, 6) is 0. The molecule has 2 aromatic carbocycles. The predicted molar refractivity (Wildman–Crippen MR) is 78.4 cm³/mol. The van der Waals surface area contributed by atoms with Crippen LogP contribution in [0.25, 0.3) is 32.9 Å². The van der Waals surface area contributed by atoms with Gasteiger partial charge in [-0.05, 0) is 29.1 Å². The van der Waals surface area contributed by atoms with Gasteiger partial charge in [-0.3, -0.25) is 5.10 Å². The molecule has 0 bridgehead atoms. The van der Waals surface area contributed by atoms with E-state index in [1.165, 1.54) is 6.07 Å². The third kappa shape index (κ3) is 1.88. The molecule has 110 valence electrons. The topological polar surface area (TPSA) is 44.5 Å². The van der Waals surface area contributed by atoms with Gasteiger partial charge in [0.2, 0.25) is 0 Å². The number of H-pyrrole nitrogens is 2. The monoisotopic (exact) mass is 301 g/mol. The van der Waals surface area contributed by atoms with Crippen LogP contribution in [0.3, 0.4) is 0 Å². The second-order valence-electron chi connectivity index (χ2n) is 5.10. The van der Waals surface area contributed by atoms with Gasteiger partial charge in [-0.25, -0.2) is 0 Å². The summed E-state index contributed by atoms with van der Waals surface area (Å²) in [5, 5.41) is 8.11. The van der Waals surface area contributed by atoms with Gasteiger partial charge < -0.3 is 4.98 Å². The Kier molecular flexibility index (Phi) is 2.57. The Morgan fingerprint density at radius 1 is 1.00 bits per heavy atom. The van der Waals surface area contributed by atoms with E-state index in [4.69, 9.17) is 0 Å². The van der Waals surface area contributed by atoms with E-state index in [1.807, 2.05) is 18.2 Å². The zero-order valence-electron chi connectivity index (χ0n) is 11.2. The Balaban J connectivity index is 2.09. The van der Waals surface area contributed by atoms with Crippen LogP contribution in [0.2, 0.25) is 0 Å².